The molecule has 0 aromatic carbocycles. The fourth-order valence-electron chi connectivity index (χ4n) is 2.42. The smallest absolute Gasteiger partial charge is 0.123 e. The molecule has 94 valence electrons. The fourth-order valence-corrected chi connectivity index (χ4v) is 2.42. The van der Waals surface area contributed by atoms with Gasteiger partial charge in [0.2, 0.25) is 0 Å². The van der Waals surface area contributed by atoms with Crippen molar-refractivity contribution < 1.29 is 5.11 Å². The van der Waals surface area contributed by atoms with Gasteiger partial charge in [-0.15, -0.1) is 0 Å². The highest BCUT2D eigenvalue weighted by atomic mass is 16.3. The Kier molecular flexibility index (Phi) is 3.52. The zero-order chi connectivity index (χ0) is 12.3. The molecular weight excluding hydrogens is 214 g/mol. The minimum Gasteiger partial charge on any atom is -0.394 e. The molecule has 4 N–H and O–H groups in total. The molecule has 1 fully saturated rings. The Balaban J connectivity index is 2.06. The zero-order valence-electron chi connectivity index (χ0n) is 10.3. The average molecular weight is 235 g/mol. The highest BCUT2D eigenvalue weighted by molar-refractivity contribution is 5.47. The molecule has 1 heterocycles. The normalized spacial score (nSPS) is 28.9. The second-order valence-electron chi connectivity index (χ2n) is 5.22. The SMILES string of the molecule is CC1CCC(CO)(Nc2ccc(N)nc2)CC1. The second kappa shape index (κ2) is 4.92. The Morgan fingerprint density at radius 2 is 2.18 bits per heavy atom. The van der Waals surface area contributed by atoms with Gasteiger partial charge in [-0.1, -0.05) is 6.92 Å². The molecule has 0 unspecified atom stereocenters. The molecule has 1 aliphatic rings. The van der Waals surface area contributed by atoms with E-state index in [1.54, 1.807) is 12.3 Å². The van der Waals surface area contributed by atoms with Crippen LogP contribution in [0.15, 0.2) is 18.3 Å². The standard InChI is InChI=1S/C13H21N3O/c1-10-4-6-13(9-17,7-5-10)16-11-2-3-12(14)15-8-11/h2-3,8,10,16-17H,4-7,9H2,1H3,(H2,14,15). The summed E-state index contributed by atoms with van der Waals surface area (Å²) in [5, 5.41) is 13.1. The predicted octanol–water partition coefficient (Wildman–Crippen LogP) is 2.02. The van der Waals surface area contributed by atoms with Crippen molar-refractivity contribution in [1.29, 1.82) is 0 Å². The first-order valence-corrected chi connectivity index (χ1v) is 6.24. The number of anilines is 2. The van der Waals surface area contributed by atoms with Crippen LogP contribution in [0.1, 0.15) is 32.6 Å². The van der Waals surface area contributed by atoms with Crippen LogP contribution >= 0.6 is 0 Å². The third kappa shape index (κ3) is 2.88. The summed E-state index contributed by atoms with van der Waals surface area (Å²) >= 11 is 0. The molecule has 1 aromatic rings. The van der Waals surface area contributed by atoms with Gasteiger partial charge in [0.05, 0.1) is 24.0 Å². The topological polar surface area (TPSA) is 71.2 Å². The van der Waals surface area contributed by atoms with E-state index in [0.717, 1.165) is 37.3 Å². The second-order valence-corrected chi connectivity index (χ2v) is 5.22. The van der Waals surface area contributed by atoms with E-state index in [0.29, 0.717) is 5.82 Å². The van der Waals surface area contributed by atoms with Crippen molar-refractivity contribution in [2.45, 2.75) is 38.1 Å². The first-order chi connectivity index (χ1) is 8.13. The summed E-state index contributed by atoms with van der Waals surface area (Å²) in [6.07, 6.45) is 6.07. The first kappa shape index (κ1) is 12.2. The van der Waals surface area contributed by atoms with E-state index in [-0.39, 0.29) is 12.1 Å². The van der Waals surface area contributed by atoms with E-state index in [1.807, 2.05) is 6.07 Å². The number of hydrogen-bond acceptors (Lipinski definition) is 4. The molecule has 1 aromatic heterocycles. The van der Waals surface area contributed by atoms with Crippen LogP contribution in [0.4, 0.5) is 11.5 Å². The van der Waals surface area contributed by atoms with Gasteiger partial charge in [0.25, 0.3) is 0 Å². The molecule has 0 spiro atoms. The summed E-state index contributed by atoms with van der Waals surface area (Å²) in [6, 6.07) is 3.69. The molecule has 0 atom stereocenters. The first-order valence-electron chi connectivity index (χ1n) is 6.24. The summed E-state index contributed by atoms with van der Waals surface area (Å²) in [6.45, 7) is 2.44. The summed E-state index contributed by atoms with van der Waals surface area (Å²) in [7, 11) is 0. The predicted molar refractivity (Wildman–Crippen MR) is 69.7 cm³/mol. The molecule has 1 aliphatic carbocycles. The number of nitrogens with zero attached hydrogens (tertiary/aromatic N) is 1. The van der Waals surface area contributed by atoms with Crippen LogP contribution in [-0.2, 0) is 0 Å². The number of nitrogen functional groups attached to an aromatic ring is 1. The van der Waals surface area contributed by atoms with Gasteiger partial charge in [-0.25, -0.2) is 4.98 Å². The largest absolute Gasteiger partial charge is 0.394 e. The van der Waals surface area contributed by atoms with E-state index in [4.69, 9.17) is 5.73 Å². The number of nitrogens with one attached hydrogen (secondary N) is 1. The molecule has 1 saturated carbocycles. The zero-order valence-corrected chi connectivity index (χ0v) is 10.3. The minimum absolute atomic E-state index is 0.171. The van der Waals surface area contributed by atoms with Gasteiger partial charge in [-0.3, -0.25) is 0 Å². The summed E-state index contributed by atoms with van der Waals surface area (Å²) < 4.78 is 0. The molecule has 4 heteroatoms. The monoisotopic (exact) mass is 235 g/mol. The quantitative estimate of drug-likeness (QED) is 0.749. The van der Waals surface area contributed by atoms with E-state index in [9.17, 15) is 5.11 Å². The van der Waals surface area contributed by atoms with Gasteiger partial charge in [-0.05, 0) is 43.7 Å². The number of rotatable bonds is 3. The maximum atomic E-state index is 9.64. The van der Waals surface area contributed by atoms with Crippen LogP contribution < -0.4 is 11.1 Å². The lowest BCUT2D eigenvalue weighted by molar-refractivity contribution is 0.155. The third-order valence-electron chi connectivity index (χ3n) is 3.73. The van der Waals surface area contributed by atoms with Crippen molar-refractivity contribution in [3.63, 3.8) is 0 Å². The highest BCUT2D eigenvalue weighted by Gasteiger charge is 2.33. The van der Waals surface area contributed by atoms with Crippen LogP contribution in [-0.4, -0.2) is 22.2 Å². The lowest BCUT2D eigenvalue weighted by Crippen LogP contribution is -2.45. The minimum atomic E-state index is -0.176. The van der Waals surface area contributed by atoms with Crippen LogP contribution in [0.25, 0.3) is 0 Å². The Hall–Kier alpha value is -1.29. The number of aromatic nitrogens is 1. The van der Waals surface area contributed by atoms with Gasteiger partial charge in [-0.2, -0.15) is 0 Å². The summed E-state index contributed by atoms with van der Waals surface area (Å²) in [5.41, 5.74) is 6.31. The molecular formula is C13H21N3O. The Bertz CT molecular complexity index is 355. The fraction of sp³-hybridized carbons (Fsp3) is 0.615. The number of aliphatic hydroxyl groups is 1. The molecule has 0 saturated heterocycles. The molecule has 0 amide bonds. The lowest BCUT2D eigenvalue weighted by Gasteiger charge is -2.39. The van der Waals surface area contributed by atoms with Crippen LogP contribution in [0.3, 0.4) is 0 Å². The molecule has 0 aliphatic heterocycles. The van der Waals surface area contributed by atoms with E-state index in [2.05, 4.69) is 17.2 Å². The molecule has 0 bridgehead atoms. The third-order valence-corrected chi connectivity index (χ3v) is 3.73. The highest BCUT2D eigenvalue weighted by Crippen LogP contribution is 2.34. The van der Waals surface area contributed by atoms with E-state index < -0.39 is 0 Å². The van der Waals surface area contributed by atoms with Gasteiger partial charge in [0.15, 0.2) is 0 Å². The van der Waals surface area contributed by atoms with Crippen molar-refractivity contribution in [2.75, 3.05) is 17.7 Å². The Morgan fingerprint density at radius 3 is 2.71 bits per heavy atom. The molecule has 4 nitrogen and oxygen atoms in total. The number of nitrogens with two attached hydrogens (primary N) is 1. The maximum Gasteiger partial charge on any atom is 0.123 e. The van der Waals surface area contributed by atoms with Crippen LogP contribution in [0, 0.1) is 5.92 Å². The van der Waals surface area contributed by atoms with Crippen molar-refractivity contribution in [3.8, 4) is 0 Å². The van der Waals surface area contributed by atoms with Crippen molar-refractivity contribution in [2.24, 2.45) is 5.92 Å². The van der Waals surface area contributed by atoms with Crippen molar-refractivity contribution >= 4 is 11.5 Å². The molecule has 0 radical (unpaired) electrons. The van der Waals surface area contributed by atoms with Crippen LogP contribution in [0.2, 0.25) is 0 Å². The molecule has 2 rings (SSSR count). The van der Waals surface area contributed by atoms with E-state index in [1.165, 1.54) is 0 Å². The van der Waals surface area contributed by atoms with Crippen molar-refractivity contribution in [3.05, 3.63) is 18.3 Å². The van der Waals surface area contributed by atoms with Gasteiger partial charge in [0.1, 0.15) is 5.82 Å². The van der Waals surface area contributed by atoms with Crippen LogP contribution in [0.5, 0.6) is 0 Å². The number of hydrogen-bond donors (Lipinski definition) is 3. The number of pyridine rings is 1. The van der Waals surface area contributed by atoms with E-state index >= 15 is 0 Å². The lowest BCUT2D eigenvalue weighted by atomic mass is 9.77. The average Bonchev–Trinajstić information content (AvgIpc) is 2.35. The summed E-state index contributed by atoms with van der Waals surface area (Å²) in [4.78, 5) is 4.06. The summed E-state index contributed by atoms with van der Waals surface area (Å²) in [5.74, 6) is 1.28. The Morgan fingerprint density at radius 1 is 1.47 bits per heavy atom. The number of aliphatic hydroxyl groups excluding tert-OH is 1. The maximum absolute atomic E-state index is 9.64. The van der Waals surface area contributed by atoms with Gasteiger partial charge in [0, 0.05) is 0 Å². The van der Waals surface area contributed by atoms with Crippen molar-refractivity contribution in [1.82, 2.24) is 4.98 Å². The van der Waals surface area contributed by atoms with Gasteiger partial charge < -0.3 is 16.2 Å². The van der Waals surface area contributed by atoms with Gasteiger partial charge >= 0.3 is 0 Å². The Labute approximate surface area is 102 Å². The molecule has 17 heavy (non-hydrogen) atoms.